The van der Waals surface area contributed by atoms with Gasteiger partial charge in [0.05, 0.1) is 12.6 Å². The number of alkyl halides is 3. The zero-order valence-corrected chi connectivity index (χ0v) is 18.8. The number of nitrogens with one attached hydrogen (secondary N) is 1. The third kappa shape index (κ3) is 6.83. The fraction of sp³-hybridized carbons (Fsp3) is 0.160. The molecule has 10 heteroatoms. The Morgan fingerprint density at radius 3 is 2.43 bits per heavy atom. The maximum atomic E-state index is 12.6. The smallest absolute Gasteiger partial charge is 0.475 e. The average Bonchev–Trinajstić information content (AvgIpc) is 3.11. The summed E-state index contributed by atoms with van der Waals surface area (Å²) in [5.74, 6) is -1.42. The molecule has 0 spiro atoms. The lowest BCUT2D eigenvalue weighted by molar-refractivity contribution is -0.192. The van der Waals surface area contributed by atoms with Crippen molar-refractivity contribution < 1.29 is 32.6 Å². The number of hydrogen-bond acceptors (Lipinski definition) is 4. The Hall–Kier alpha value is -4.34. The maximum Gasteiger partial charge on any atom is 0.490 e. The highest BCUT2D eigenvalue weighted by atomic mass is 19.4. The van der Waals surface area contributed by atoms with Crippen molar-refractivity contribution in [2.45, 2.75) is 19.5 Å². The van der Waals surface area contributed by atoms with Gasteiger partial charge in [0, 0.05) is 36.0 Å². The number of aryl methyl sites for hydroxylation is 2. The molecular weight excluding hydrogens is 463 g/mol. The van der Waals surface area contributed by atoms with Crippen molar-refractivity contribution in [1.29, 1.82) is 0 Å². The van der Waals surface area contributed by atoms with Crippen molar-refractivity contribution in [3.8, 4) is 11.5 Å². The molecule has 2 aromatic heterocycles. The SMILES string of the molecule is Cc1cc(Oc2cccnc2)ccc1NC(=O)Cc1cn(C)c2ccccc12.O=C(O)C(F)(F)F. The minimum absolute atomic E-state index is 0.0413. The molecular formula is C25H22F3N3O4. The molecule has 2 N–H and O–H groups in total. The normalized spacial score (nSPS) is 10.9. The van der Waals surface area contributed by atoms with Crippen LogP contribution in [0.5, 0.6) is 11.5 Å². The Morgan fingerprint density at radius 1 is 1.09 bits per heavy atom. The molecule has 4 aromatic rings. The molecule has 0 saturated heterocycles. The number of nitrogens with zero attached hydrogens (tertiary/aromatic N) is 2. The summed E-state index contributed by atoms with van der Waals surface area (Å²) >= 11 is 0. The number of pyridine rings is 1. The van der Waals surface area contributed by atoms with Crippen LogP contribution in [0.25, 0.3) is 10.9 Å². The summed E-state index contributed by atoms with van der Waals surface area (Å²) in [4.78, 5) is 25.5. The van der Waals surface area contributed by atoms with E-state index in [-0.39, 0.29) is 5.91 Å². The number of benzene rings is 2. The molecule has 0 bridgehead atoms. The van der Waals surface area contributed by atoms with E-state index in [1.165, 1.54) is 0 Å². The van der Waals surface area contributed by atoms with Gasteiger partial charge in [-0.3, -0.25) is 9.78 Å². The number of para-hydroxylation sites is 1. The first-order chi connectivity index (χ1) is 16.5. The summed E-state index contributed by atoms with van der Waals surface area (Å²) in [6.45, 7) is 1.95. The quantitative estimate of drug-likeness (QED) is 0.390. The molecule has 1 amide bonds. The van der Waals surface area contributed by atoms with Crippen LogP contribution in [0.2, 0.25) is 0 Å². The van der Waals surface area contributed by atoms with Crippen LogP contribution < -0.4 is 10.1 Å². The van der Waals surface area contributed by atoms with Crippen molar-refractivity contribution in [3.05, 3.63) is 84.3 Å². The number of aromatic nitrogens is 2. The summed E-state index contributed by atoms with van der Waals surface area (Å²) in [7, 11) is 1.99. The van der Waals surface area contributed by atoms with Gasteiger partial charge in [0.2, 0.25) is 5.91 Å². The van der Waals surface area contributed by atoms with Crippen molar-refractivity contribution >= 4 is 28.5 Å². The van der Waals surface area contributed by atoms with E-state index < -0.39 is 12.1 Å². The van der Waals surface area contributed by atoms with Crippen LogP contribution in [0, 0.1) is 6.92 Å². The number of carbonyl (C=O) groups excluding carboxylic acids is 1. The standard InChI is InChI=1S/C23H21N3O2.C2HF3O2/c1-16-12-18(28-19-6-5-11-24-14-19)9-10-21(16)25-23(27)13-17-15-26(2)22-8-4-3-7-20(17)22;3-2(4,5)1(6)7/h3-12,14-15H,13H2,1-2H3,(H,25,27);(H,6,7). The van der Waals surface area contributed by atoms with Gasteiger partial charge in [-0.25, -0.2) is 4.79 Å². The van der Waals surface area contributed by atoms with Gasteiger partial charge >= 0.3 is 12.1 Å². The van der Waals surface area contributed by atoms with Gasteiger partial charge < -0.3 is 19.7 Å². The van der Waals surface area contributed by atoms with Crippen LogP contribution in [0.15, 0.2) is 73.2 Å². The summed E-state index contributed by atoms with van der Waals surface area (Å²) in [6.07, 6.45) is 0.624. The highest BCUT2D eigenvalue weighted by molar-refractivity contribution is 5.96. The molecule has 0 aliphatic carbocycles. The van der Waals surface area contributed by atoms with Gasteiger partial charge in [0.15, 0.2) is 0 Å². The number of amides is 1. The Morgan fingerprint density at radius 2 is 1.80 bits per heavy atom. The Bertz CT molecular complexity index is 1340. The third-order valence-electron chi connectivity index (χ3n) is 4.92. The number of rotatable bonds is 5. The molecule has 4 rings (SSSR count). The predicted molar refractivity (Wildman–Crippen MR) is 124 cm³/mol. The number of carboxylic acid groups (broad SMARTS) is 1. The summed E-state index contributed by atoms with van der Waals surface area (Å²) in [6, 6.07) is 17.4. The van der Waals surface area contributed by atoms with Crippen molar-refractivity contribution in [2.75, 3.05) is 5.32 Å². The molecule has 35 heavy (non-hydrogen) atoms. The van der Waals surface area contributed by atoms with Crippen LogP contribution in [0.3, 0.4) is 0 Å². The minimum Gasteiger partial charge on any atom is -0.475 e. The first-order valence-corrected chi connectivity index (χ1v) is 10.4. The van der Waals surface area contributed by atoms with Crippen LogP contribution in [0.1, 0.15) is 11.1 Å². The zero-order valence-electron chi connectivity index (χ0n) is 18.8. The highest BCUT2D eigenvalue weighted by Gasteiger charge is 2.38. The molecule has 0 radical (unpaired) electrons. The van der Waals surface area contributed by atoms with Gasteiger partial charge in [0.1, 0.15) is 11.5 Å². The van der Waals surface area contributed by atoms with Gasteiger partial charge in [-0.05, 0) is 54.4 Å². The van der Waals surface area contributed by atoms with E-state index in [1.54, 1.807) is 12.4 Å². The van der Waals surface area contributed by atoms with Crippen LogP contribution in [-0.4, -0.2) is 32.7 Å². The number of anilines is 1. The number of aliphatic carboxylic acids is 1. The Kier molecular flexibility index (Phi) is 7.75. The van der Waals surface area contributed by atoms with E-state index in [2.05, 4.69) is 16.4 Å². The predicted octanol–water partition coefficient (Wildman–Crippen LogP) is 5.49. The highest BCUT2D eigenvalue weighted by Crippen LogP contribution is 2.26. The first-order valence-electron chi connectivity index (χ1n) is 10.4. The lowest BCUT2D eigenvalue weighted by Gasteiger charge is -2.11. The fourth-order valence-electron chi connectivity index (χ4n) is 3.32. The van der Waals surface area contributed by atoms with E-state index in [0.29, 0.717) is 17.9 Å². The van der Waals surface area contributed by atoms with Crippen LogP contribution in [0.4, 0.5) is 18.9 Å². The molecule has 0 saturated carbocycles. The molecule has 0 fully saturated rings. The summed E-state index contributed by atoms with van der Waals surface area (Å²) < 4.78 is 39.6. The summed E-state index contributed by atoms with van der Waals surface area (Å²) in [5.41, 5.74) is 3.86. The fourth-order valence-corrected chi connectivity index (χ4v) is 3.32. The van der Waals surface area contributed by atoms with E-state index in [9.17, 15) is 18.0 Å². The monoisotopic (exact) mass is 485 g/mol. The second-order valence-corrected chi connectivity index (χ2v) is 7.58. The van der Waals surface area contributed by atoms with Crippen LogP contribution >= 0.6 is 0 Å². The number of fused-ring (bicyclic) bond motifs is 1. The zero-order chi connectivity index (χ0) is 25.6. The van der Waals surface area contributed by atoms with Crippen molar-refractivity contribution in [1.82, 2.24) is 9.55 Å². The number of carbonyl (C=O) groups is 2. The lowest BCUT2D eigenvalue weighted by atomic mass is 10.1. The van der Waals surface area contributed by atoms with Gasteiger partial charge in [-0.1, -0.05) is 18.2 Å². The molecule has 0 aliphatic rings. The van der Waals surface area contributed by atoms with Gasteiger partial charge in [0.25, 0.3) is 0 Å². The summed E-state index contributed by atoms with van der Waals surface area (Å²) in [5, 5.41) is 11.2. The topological polar surface area (TPSA) is 93.5 Å². The van der Waals surface area contributed by atoms with Crippen molar-refractivity contribution in [2.24, 2.45) is 7.05 Å². The number of carboxylic acids is 1. The second kappa shape index (κ2) is 10.7. The Balaban J connectivity index is 0.000000429. The maximum absolute atomic E-state index is 12.6. The molecule has 0 unspecified atom stereocenters. The van der Waals surface area contributed by atoms with E-state index in [4.69, 9.17) is 14.6 Å². The largest absolute Gasteiger partial charge is 0.490 e. The van der Waals surface area contributed by atoms with Crippen molar-refractivity contribution in [3.63, 3.8) is 0 Å². The Labute approximate surface area is 198 Å². The molecule has 7 nitrogen and oxygen atoms in total. The first kappa shape index (κ1) is 25.3. The average molecular weight is 485 g/mol. The molecule has 0 aliphatic heterocycles. The molecule has 0 atom stereocenters. The lowest BCUT2D eigenvalue weighted by Crippen LogP contribution is -2.21. The number of hydrogen-bond donors (Lipinski definition) is 2. The van der Waals surface area contributed by atoms with Gasteiger partial charge in [-0.2, -0.15) is 13.2 Å². The minimum atomic E-state index is -5.08. The molecule has 182 valence electrons. The van der Waals surface area contributed by atoms with Gasteiger partial charge in [-0.15, -0.1) is 0 Å². The third-order valence-corrected chi connectivity index (χ3v) is 4.92. The molecule has 2 heterocycles. The van der Waals surface area contributed by atoms with Crippen LogP contribution in [-0.2, 0) is 23.1 Å². The molecule has 2 aromatic carbocycles. The van der Waals surface area contributed by atoms with E-state index in [0.717, 1.165) is 27.7 Å². The van der Waals surface area contributed by atoms with E-state index in [1.807, 2.05) is 73.3 Å². The number of halogens is 3. The second-order valence-electron chi connectivity index (χ2n) is 7.58. The number of ether oxygens (including phenoxy) is 1. The van der Waals surface area contributed by atoms with E-state index >= 15 is 0 Å².